The maximum Gasteiger partial charge on any atom is 0.227 e. The lowest BCUT2D eigenvalue weighted by molar-refractivity contribution is -0.128. The highest BCUT2D eigenvalue weighted by Gasteiger charge is 2.29. The zero-order valence-corrected chi connectivity index (χ0v) is 15.8. The molecule has 0 saturated heterocycles. The van der Waals surface area contributed by atoms with Crippen molar-refractivity contribution in [1.29, 1.82) is 0 Å². The molecule has 5 nitrogen and oxygen atoms in total. The Bertz CT molecular complexity index is 584. The van der Waals surface area contributed by atoms with Crippen LogP contribution in [0, 0.1) is 11.8 Å². The zero-order valence-electron chi connectivity index (χ0n) is 15.1. The third-order valence-electron chi connectivity index (χ3n) is 4.68. The van der Waals surface area contributed by atoms with Crippen molar-refractivity contribution in [2.75, 3.05) is 32.5 Å². The smallest absolute Gasteiger partial charge is 0.227 e. The maximum atomic E-state index is 12.4. The fourth-order valence-electron chi connectivity index (χ4n) is 3.17. The van der Waals surface area contributed by atoms with Gasteiger partial charge in [0.2, 0.25) is 11.8 Å². The fraction of sp³-hybridized carbons (Fsp3) is 0.579. The van der Waals surface area contributed by atoms with Crippen molar-refractivity contribution >= 4 is 29.1 Å². The Morgan fingerprint density at radius 1 is 1.08 bits per heavy atom. The van der Waals surface area contributed by atoms with E-state index in [4.69, 9.17) is 11.6 Å². The van der Waals surface area contributed by atoms with Crippen LogP contribution in [0.15, 0.2) is 24.3 Å². The van der Waals surface area contributed by atoms with Crippen LogP contribution in [0.25, 0.3) is 0 Å². The Morgan fingerprint density at radius 3 is 2.28 bits per heavy atom. The van der Waals surface area contributed by atoms with E-state index >= 15 is 0 Å². The van der Waals surface area contributed by atoms with Crippen LogP contribution < -0.4 is 10.6 Å². The number of hydrogen-bond donors (Lipinski definition) is 2. The average molecular weight is 366 g/mol. The van der Waals surface area contributed by atoms with Crippen molar-refractivity contribution in [3.05, 3.63) is 29.3 Å². The molecule has 0 aliphatic heterocycles. The molecule has 138 valence electrons. The van der Waals surface area contributed by atoms with E-state index in [-0.39, 0.29) is 23.7 Å². The highest BCUT2D eigenvalue weighted by atomic mass is 35.5. The summed E-state index contributed by atoms with van der Waals surface area (Å²) in [6, 6.07) is 7.24. The molecule has 6 heteroatoms. The molecule has 0 atom stereocenters. The molecule has 1 aromatic carbocycles. The summed E-state index contributed by atoms with van der Waals surface area (Å²) < 4.78 is 0. The number of amides is 2. The van der Waals surface area contributed by atoms with E-state index in [1.807, 2.05) is 26.2 Å². The van der Waals surface area contributed by atoms with Crippen LogP contribution in [0.1, 0.15) is 32.1 Å². The Hall–Kier alpha value is -1.59. The molecule has 0 heterocycles. The van der Waals surface area contributed by atoms with Gasteiger partial charge in [0.1, 0.15) is 0 Å². The van der Waals surface area contributed by atoms with Gasteiger partial charge in [0.25, 0.3) is 0 Å². The van der Waals surface area contributed by atoms with Crippen LogP contribution in [0.4, 0.5) is 5.69 Å². The van der Waals surface area contributed by atoms with Gasteiger partial charge in [-0.1, -0.05) is 23.7 Å². The second-order valence-electron chi connectivity index (χ2n) is 6.97. The third kappa shape index (κ3) is 6.33. The summed E-state index contributed by atoms with van der Waals surface area (Å²) in [6.07, 6.45) is 3.96. The van der Waals surface area contributed by atoms with Gasteiger partial charge in [0, 0.05) is 18.4 Å². The predicted octanol–water partition coefficient (Wildman–Crippen LogP) is 3.15. The molecule has 2 N–H and O–H groups in total. The lowest BCUT2D eigenvalue weighted by Gasteiger charge is -2.27. The molecular formula is C19H28ClN3O2. The number of hydrogen-bond acceptors (Lipinski definition) is 3. The van der Waals surface area contributed by atoms with Crippen LogP contribution >= 0.6 is 11.6 Å². The van der Waals surface area contributed by atoms with Crippen LogP contribution in [-0.2, 0) is 9.59 Å². The van der Waals surface area contributed by atoms with E-state index in [9.17, 15) is 9.59 Å². The molecule has 0 radical (unpaired) electrons. The van der Waals surface area contributed by atoms with Crippen LogP contribution in [0.5, 0.6) is 0 Å². The number of para-hydroxylation sites is 1. The van der Waals surface area contributed by atoms with Gasteiger partial charge in [0.05, 0.1) is 10.7 Å². The zero-order chi connectivity index (χ0) is 18.2. The monoisotopic (exact) mass is 365 g/mol. The van der Waals surface area contributed by atoms with Gasteiger partial charge >= 0.3 is 0 Å². The van der Waals surface area contributed by atoms with Gasteiger partial charge < -0.3 is 15.5 Å². The van der Waals surface area contributed by atoms with Gasteiger partial charge in [-0.25, -0.2) is 0 Å². The molecule has 1 fully saturated rings. The van der Waals surface area contributed by atoms with E-state index in [2.05, 4.69) is 15.5 Å². The van der Waals surface area contributed by atoms with Gasteiger partial charge in [0.15, 0.2) is 0 Å². The number of benzene rings is 1. The molecule has 2 rings (SSSR count). The number of carbonyl (C=O) groups excluding carboxylic acids is 2. The largest absolute Gasteiger partial charge is 0.356 e. The van der Waals surface area contributed by atoms with Crippen molar-refractivity contribution in [2.45, 2.75) is 32.1 Å². The minimum Gasteiger partial charge on any atom is -0.356 e. The Balaban J connectivity index is 1.72. The molecule has 25 heavy (non-hydrogen) atoms. The maximum absolute atomic E-state index is 12.4. The van der Waals surface area contributed by atoms with E-state index in [1.54, 1.807) is 12.1 Å². The van der Waals surface area contributed by atoms with E-state index in [0.717, 1.165) is 38.6 Å². The molecule has 0 unspecified atom stereocenters. The van der Waals surface area contributed by atoms with Gasteiger partial charge in [-0.15, -0.1) is 0 Å². The van der Waals surface area contributed by atoms with E-state index in [1.165, 1.54) is 0 Å². The molecule has 1 aliphatic carbocycles. The van der Waals surface area contributed by atoms with Crippen LogP contribution in [0.3, 0.4) is 0 Å². The summed E-state index contributed by atoms with van der Waals surface area (Å²) in [6.45, 7) is 1.68. The van der Waals surface area contributed by atoms with E-state index < -0.39 is 0 Å². The highest BCUT2D eigenvalue weighted by Crippen LogP contribution is 2.30. The summed E-state index contributed by atoms with van der Waals surface area (Å²) in [4.78, 5) is 26.7. The summed E-state index contributed by atoms with van der Waals surface area (Å²) >= 11 is 6.08. The normalized spacial score (nSPS) is 20.3. The Labute approximate surface area is 155 Å². The van der Waals surface area contributed by atoms with Gasteiger partial charge in [-0.2, -0.15) is 0 Å². The first kappa shape index (κ1) is 19.7. The molecule has 0 bridgehead atoms. The standard InChI is InChI=1S/C19H28ClN3O2/c1-23(2)13-5-12-21-18(24)14-8-10-15(11-9-14)19(25)22-17-7-4-3-6-16(17)20/h3-4,6-7,14-15H,5,8-13H2,1-2H3,(H,21,24)(H,22,25). The number of nitrogens with one attached hydrogen (secondary N) is 2. The van der Waals surface area contributed by atoms with Crippen molar-refractivity contribution in [3.8, 4) is 0 Å². The van der Waals surface area contributed by atoms with Crippen molar-refractivity contribution in [2.24, 2.45) is 11.8 Å². The summed E-state index contributed by atoms with van der Waals surface area (Å²) in [5.74, 6) is 0.111. The molecule has 0 aromatic heterocycles. The van der Waals surface area contributed by atoms with Gasteiger partial charge in [-0.3, -0.25) is 9.59 Å². The number of rotatable bonds is 7. The summed E-state index contributed by atoms with van der Waals surface area (Å²) in [5.41, 5.74) is 0.648. The first-order valence-electron chi connectivity index (χ1n) is 8.95. The SMILES string of the molecule is CN(C)CCCNC(=O)C1CCC(C(=O)Nc2ccccc2Cl)CC1. The lowest BCUT2D eigenvalue weighted by atomic mass is 9.81. The number of anilines is 1. The molecular weight excluding hydrogens is 338 g/mol. The molecule has 1 aliphatic rings. The first-order valence-corrected chi connectivity index (χ1v) is 9.33. The van der Waals surface area contributed by atoms with Crippen LogP contribution in [-0.4, -0.2) is 43.9 Å². The summed E-state index contributed by atoms with van der Waals surface area (Å²) in [7, 11) is 4.05. The molecule has 1 aromatic rings. The lowest BCUT2D eigenvalue weighted by Crippen LogP contribution is -2.36. The first-order chi connectivity index (χ1) is 12.0. The Morgan fingerprint density at radius 2 is 1.68 bits per heavy atom. The summed E-state index contributed by atoms with van der Waals surface area (Å²) in [5, 5.41) is 6.46. The fourth-order valence-corrected chi connectivity index (χ4v) is 3.35. The predicted molar refractivity (Wildman–Crippen MR) is 102 cm³/mol. The third-order valence-corrected chi connectivity index (χ3v) is 5.01. The van der Waals surface area contributed by atoms with Gasteiger partial charge in [-0.05, 0) is 64.9 Å². The van der Waals surface area contributed by atoms with Crippen molar-refractivity contribution in [3.63, 3.8) is 0 Å². The van der Waals surface area contributed by atoms with Crippen molar-refractivity contribution in [1.82, 2.24) is 10.2 Å². The highest BCUT2D eigenvalue weighted by molar-refractivity contribution is 6.33. The average Bonchev–Trinajstić information content (AvgIpc) is 2.60. The topological polar surface area (TPSA) is 61.4 Å². The second-order valence-corrected chi connectivity index (χ2v) is 7.37. The minimum absolute atomic E-state index is 0.00191. The second kappa shape index (κ2) is 9.78. The van der Waals surface area contributed by atoms with Crippen molar-refractivity contribution < 1.29 is 9.59 Å². The molecule has 2 amide bonds. The molecule has 1 saturated carbocycles. The number of nitrogens with zero attached hydrogens (tertiary/aromatic N) is 1. The van der Waals surface area contributed by atoms with E-state index in [0.29, 0.717) is 17.3 Å². The quantitative estimate of drug-likeness (QED) is 0.729. The van der Waals surface area contributed by atoms with Crippen LogP contribution in [0.2, 0.25) is 5.02 Å². The molecule has 0 spiro atoms. The number of carbonyl (C=O) groups is 2. The Kier molecular flexibility index (Phi) is 7.72. The number of halogens is 1. The minimum atomic E-state index is -0.0472.